The molecule has 0 aliphatic rings. The Labute approximate surface area is 157 Å². The lowest BCUT2D eigenvalue weighted by Crippen LogP contribution is -2.31. The van der Waals surface area contributed by atoms with E-state index in [2.05, 4.69) is 41.2 Å². The lowest BCUT2D eigenvalue weighted by molar-refractivity contribution is -0.117. The highest BCUT2D eigenvalue weighted by Crippen LogP contribution is 2.22. The summed E-state index contributed by atoms with van der Waals surface area (Å²) in [5, 5.41) is 6.70. The molecule has 3 aromatic rings. The first kappa shape index (κ1) is 18.4. The SMILES string of the molecule is CC(C)(C)c1ccc(C(=O)C(=O)NCc2cccnc2-n2cncn2)cc1. The highest BCUT2D eigenvalue weighted by molar-refractivity contribution is 6.42. The van der Waals surface area contributed by atoms with Gasteiger partial charge in [0.1, 0.15) is 12.7 Å². The van der Waals surface area contributed by atoms with Gasteiger partial charge in [-0.25, -0.2) is 14.6 Å². The number of carbonyl (C=O) groups is 2. The summed E-state index contributed by atoms with van der Waals surface area (Å²) < 4.78 is 1.51. The lowest BCUT2D eigenvalue weighted by Gasteiger charge is -2.18. The number of benzene rings is 1. The maximum Gasteiger partial charge on any atom is 0.292 e. The van der Waals surface area contributed by atoms with Gasteiger partial charge < -0.3 is 5.32 Å². The van der Waals surface area contributed by atoms with Crippen molar-refractivity contribution in [3.63, 3.8) is 0 Å². The van der Waals surface area contributed by atoms with Gasteiger partial charge in [-0.2, -0.15) is 5.10 Å². The van der Waals surface area contributed by atoms with Gasteiger partial charge in [-0.05, 0) is 17.0 Å². The number of Topliss-reactive ketones (excluding diaryl/α,β-unsaturated/α-hetero) is 1. The van der Waals surface area contributed by atoms with Crippen LogP contribution in [-0.4, -0.2) is 31.4 Å². The molecule has 27 heavy (non-hydrogen) atoms. The Hall–Kier alpha value is -3.35. The van der Waals surface area contributed by atoms with Crippen molar-refractivity contribution in [3.8, 4) is 5.82 Å². The molecule has 1 N–H and O–H groups in total. The van der Waals surface area contributed by atoms with Crippen LogP contribution in [0.5, 0.6) is 0 Å². The van der Waals surface area contributed by atoms with Gasteiger partial charge in [0.05, 0.1) is 0 Å². The number of nitrogens with zero attached hydrogens (tertiary/aromatic N) is 4. The lowest BCUT2D eigenvalue weighted by atomic mass is 9.86. The molecule has 2 heterocycles. The van der Waals surface area contributed by atoms with Crippen LogP contribution in [0.2, 0.25) is 0 Å². The molecule has 0 atom stereocenters. The van der Waals surface area contributed by atoms with E-state index in [1.54, 1.807) is 24.4 Å². The quantitative estimate of drug-likeness (QED) is 0.555. The molecule has 1 amide bonds. The molecule has 0 radical (unpaired) electrons. The minimum absolute atomic E-state index is 0.0120. The second-order valence-corrected chi connectivity index (χ2v) is 7.17. The van der Waals surface area contributed by atoms with Crippen molar-refractivity contribution >= 4 is 11.7 Å². The predicted molar refractivity (Wildman–Crippen MR) is 100 cm³/mol. The van der Waals surface area contributed by atoms with Crippen molar-refractivity contribution in [1.82, 2.24) is 25.1 Å². The molecule has 2 aromatic heterocycles. The zero-order valence-corrected chi connectivity index (χ0v) is 15.5. The van der Waals surface area contributed by atoms with Gasteiger partial charge in [0.25, 0.3) is 5.91 Å². The molecule has 0 aliphatic heterocycles. The molecule has 7 nitrogen and oxygen atoms in total. The van der Waals surface area contributed by atoms with Crippen LogP contribution in [0.4, 0.5) is 0 Å². The summed E-state index contributed by atoms with van der Waals surface area (Å²) in [7, 11) is 0. The average molecular weight is 363 g/mol. The molecular formula is C20H21N5O2. The van der Waals surface area contributed by atoms with Crippen molar-refractivity contribution in [2.75, 3.05) is 0 Å². The summed E-state index contributed by atoms with van der Waals surface area (Å²) in [6, 6.07) is 10.7. The van der Waals surface area contributed by atoms with Crippen LogP contribution in [0, 0.1) is 0 Å². The number of hydrogen-bond donors (Lipinski definition) is 1. The van der Waals surface area contributed by atoms with Crippen molar-refractivity contribution < 1.29 is 9.59 Å². The molecule has 3 rings (SSSR count). The van der Waals surface area contributed by atoms with Gasteiger partial charge in [0.15, 0.2) is 5.82 Å². The Bertz CT molecular complexity index is 941. The Kier molecular flexibility index (Phi) is 5.12. The second-order valence-electron chi connectivity index (χ2n) is 7.17. The molecule has 7 heteroatoms. The largest absolute Gasteiger partial charge is 0.345 e. The highest BCUT2D eigenvalue weighted by Gasteiger charge is 2.19. The molecule has 0 bridgehead atoms. The maximum atomic E-state index is 12.4. The van der Waals surface area contributed by atoms with Crippen LogP contribution in [-0.2, 0) is 16.8 Å². The molecule has 0 fully saturated rings. The van der Waals surface area contributed by atoms with Crippen molar-refractivity contribution in [2.24, 2.45) is 0 Å². The molecule has 0 saturated heterocycles. The van der Waals surface area contributed by atoms with E-state index in [4.69, 9.17) is 0 Å². The zero-order chi connectivity index (χ0) is 19.4. The van der Waals surface area contributed by atoms with Crippen LogP contribution < -0.4 is 5.32 Å². The fourth-order valence-electron chi connectivity index (χ4n) is 2.60. The van der Waals surface area contributed by atoms with E-state index in [0.717, 1.165) is 11.1 Å². The minimum Gasteiger partial charge on any atom is -0.345 e. The number of carbonyl (C=O) groups excluding carboxylic acids is 2. The molecule has 0 aliphatic carbocycles. The maximum absolute atomic E-state index is 12.4. The number of nitrogens with one attached hydrogen (secondary N) is 1. The van der Waals surface area contributed by atoms with Crippen LogP contribution >= 0.6 is 0 Å². The van der Waals surface area contributed by atoms with E-state index >= 15 is 0 Å². The molecule has 0 spiro atoms. The van der Waals surface area contributed by atoms with Crippen LogP contribution in [0.15, 0.2) is 55.2 Å². The standard InChI is InChI=1S/C20H21N5O2/c1-20(2,3)16-8-6-14(7-9-16)17(26)19(27)23-11-15-5-4-10-22-18(15)25-13-21-12-24-25/h4-10,12-13H,11H2,1-3H3,(H,23,27). The summed E-state index contributed by atoms with van der Waals surface area (Å²) in [6.45, 7) is 6.44. The first-order valence-corrected chi connectivity index (χ1v) is 8.58. The summed E-state index contributed by atoms with van der Waals surface area (Å²) in [5.74, 6) is -0.675. The number of aromatic nitrogens is 4. The van der Waals surface area contributed by atoms with Crippen LogP contribution in [0.1, 0.15) is 42.3 Å². The molecule has 0 unspecified atom stereocenters. The third-order valence-corrected chi connectivity index (χ3v) is 4.16. The van der Waals surface area contributed by atoms with E-state index in [1.165, 1.54) is 17.3 Å². The molecule has 1 aromatic carbocycles. The van der Waals surface area contributed by atoms with Gasteiger partial charge in [-0.15, -0.1) is 0 Å². The molecule has 0 saturated carbocycles. The topological polar surface area (TPSA) is 89.8 Å². The average Bonchev–Trinajstić information content (AvgIpc) is 3.19. The summed E-state index contributed by atoms with van der Waals surface area (Å²) in [4.78, 5) is 32.8. The monoisotopic (exact) mass is 363 g/mol. The normalized spacial score (nSPS) is 11.2. The van der Waals surface area contributed by atoms with Crippen LogP contribution in [0.25, 0.3) is 5.82 Å². The highest BCUT2D eigenvalue weighted by atomic mass is 16.2. The fraction of sp³-hybridized carbons (Fsp3) is 0.250. The third-order valence-electron chi connectivity index (χ3n) is 4.16. The van der Waals surface area contributed by atoms with Crippen molar-refractivity contribution in [1.29, 1.82) is 0 Å². The van der Waals surface area contributed by atoms with E-state index in [-0.39, 0.29) is 12.0 Å². The Morgan fingerprint density at radius 1 is 1.11 bits per heavy atom. The minimum atomic E-state index is -0.660. The van der Waals surface area contributed by atoms with Crippen LogP contribution in [0.3, 0.4) is 0 Å². The fourth-order valence-corrected chi connectivity index (χ4v) is 2.60. The van der Waals surface area contributed by atoms with Crippen molar-refractivity contribution in [3.05, 3.63) is 71.9 Å². The van der Waals surface area contributed by atoms with Gasteiger partial charge in [0.2, 0.25) is 5.78 Å². The number of amides is 1. The Morgan fingerprint density at radius 2 is 1.85 bits per heavy atom. The predicted octanol–water partition coefficient (Wildman–Crippen LogP) is 2.46. The van der Waals surface area contributed by atoms with Gasteiger partial charge >= 0.3 is 0 Å². The molecule has 138 valence electrons. The third kappa shape index (κ3) is 4.25. The van der Waals surface area contributed by atoms with Gasteiger partial charge in [-0.3, -0.25) is 9.59 Å². The van der Waals surface area contributed by atoms with Gasteiger partial charge in [0, 0.05) is 23.9 Å². The zero-order valence-electron chi connectivity index (χ0n) is 15.5. The summed E-state index contributed by atoms with van der Waals surface area (Å²) in [6.07, 6.45) is 4.56. The second kappa shape index (κ2) is 7.49. The van der Waals surface area contributed by atoms with E-state index in [9.17, 15) is 9.59 Å². The van der Waals surface area contributed by atoms with Gasteiger partial charge in [-0.1, -0.05) is 51.1 Å². The van der Waals surface area contributed by atoms with Crippen molar-refractivity contribution in [2.45, 2.75) is 32.7 Å². The van der Waals surface area contributed by atoms with E-state index < -0.39 is 11.7 Å². The number of rotatable bonds is 5. The first-order valence-electron chi connectivity index (χ1n) is 8.58. The van der Waals surface area contributed by atoms with E-state index in [1.807, 2.05) is 18.2 Å². The Morgan fingerprint density at radius 3 is 2.48 bits per heavy atom. The van der Waals surface area contributed by atoms with E-state index in [0.29, 0.717) is 11.4 Å². The Balaban J connectivity index is 1.69. The molecular weight excluding hydrogens is 342 g/mol. The number of ketones is 1. The number of pyridine rings is 1. The first-order chi connectivity index (χ1) is 12.9. The summed E-state index contributed by atoms with van der Waals surface area (Å²) in [5.41, 5.74) is 2.18. The smallest absolute Gasteiger partial charge is 0.292 e. The number of hydrogen-bond acceptors (Lipinski definition) is 5. The summed E-state index contributed by atoms with van der Waals surface area (Å²) >= 11 is 0.